The second kappa shape index (κ2) is 2.25. The first kappa shape index (κ1) is 6.94. The van der Waals surface area contributed by atoms with Crippen molar-refractivity contribution in [1.29, 1.82) is 0 Å². The van der Waals surface area contributed by atoms with Gasteiger partial charge in [-0.3, -0.25) is 0 Å². The SMILES string of the molecule is CC1CC2CCC(C1)C1=CC=C12. The molecule has 3 saturated carbocycles. The Balaban J connectivity index is 1.98. The number of hydrogen-bond acceptors (Lipinski definition) is 0. The summed E-state index contributed by atoms with van der Waals surface area (Å²) in [5.74, 6) is 2.85. The first-order valence-electron chi connectivity index (χ1n) is 5.26. The lowest BCUT2D eigenvalue weighted by molar-refractivity contribution is 0.450. The molecule has 0 aromatic carbocycles. The van der Waals surface area contributed by atoms with Crippen LogP contribution in [0.25, 0.3) is 0 Å². The van der Waals surface area contributed by atoms with Gasteiger partial charge in [0.2, 0.25) is 0 Å². The van der Waals surface area contributed by atoms with E-state index in [0.29, 0.717) is 0 Å². The summed E-state index contributed by atoms with van der Waals surface area (Å²) in [6.07, 6.45) is 10.6. The van der Waals surface area contributed by atoms with Crippen LogP contribution in [0.1, 0.15) is 32.6 Å². The van der Waals surface area contributed by atoms with E-state index in [4.69, 9.17) is 0 Å². The molecule has 0 nitrogen and oxygen atoms in total. The Morgan fingerprint density at radius 2 is 1.50 bits per heavy atom. The zero-order valence-corrected chi connectivity index (χ0v) is 7.72. The fourth-order valence-electron chi connectivity index (χ4n) is 3.29. The maximum atomic E-state index is 2.43. The molecule has 4 rings (SSSR count). The highest BCUT2D eigenvalue weighted by atomic mass is 14.4. The van der Waals surface area contributed by atoms with Crippen LogP contribution < -0.4 is 0 Å². The molecule has 4 aliphatic rings. The molecule has 0 aliphatic heterocycles. The second-order valence-corrected chi connectivity index (χ2v) is 4.79. The molecule has 0 saturated heterocycles. The van der Waals surface area contributed by atoms with E-state index in [1.807, 2.05) is 0 Å². The van der Waals surface area contributed by atoms with E-state index in [2.05, 4.69) is 19.1 Å². The third-order valence-corrected chi connectivity index (χ3v) is 3.89. The summed E-state index contributed by atoms with van der Waals surface area (Å²) in [6, 6.07) is 0. The van der Waals surface area contributed by atoms with Gasteiger partial charge in [-0.2, -0.15) is 0 Å². The van der Waals surface area contributed by atoms with Gasteiger partial charge in [-0.15, -0.1) is 0 Å². The standard InChI is InChI=1S/C12H16/c1-8-6-9-2-3-10(7-8)12-5-4-11(9)12/h4-5,8-10H,2-3,6-7H2,1H3. The summed E-state index contributed by atoms with van der Waals surface area (Å²) in [6.45, 7) is 2.43. The van der Waals surface area contributed by atoms with Crippen molar-refractivity contribution in [3.63, 3.8) is 0 Å². The normalized spacial score (nSPS) is 43.9. The van der Waals surface area contributed by atoms with E-state index in [1.165, 1.54) is 25.7 Å². The van der Waals surface area contributed by atoms with Crippen LogP contribution in [0.5, 0.6) is 0 Å². The molecule has 2 atom stereocenters. The highest BCUT2D eigenvalue weighted by Crippen LogP contribution is 2.50. The fraction of sp³-hybridized carbons (Fsp3) is 0.667. The Bertz CT molecular complexity index is 242. The minimum atomic E-state index is 0.943. The smallest absolute Gasteiger partial charge is 0.0156 e. The van der Waals surface area contributed by atoms with Gasteiger partial charge in [0.15, 0.2) is 0 Å². The minimum Gasteiger partial charge on any atom is -0.0625 e. The van der Waals surface area contributed by atoms with Crippen molar-refractivity contribution < 1.29 is 0 Å². The zero-order valence-electron chi connectivity index (χ0n) is 7.72. The summed E-state index contributed by atoms with van der Waals surface area (Å²) < 4.78 is 0. The first-order valence-corrected chi connectivity index (χ1v) is 5.26. The molecule has 0 heteroatoms. The highest BCUT2D eigenvalue weighted by Gasteiger charge is 2.37. The molecular weight excluding hydrogens is 144 g/mol. The number of fused-ring (bicyclic) bond motifs is 3. The molecule has 0 heterocycles. The van der Waals surface area contributed by atoms with Crippen molar-refractivity contribution in [2.24, 2.45) is 17.8 Å². The van der Waals surface area contributed by atoms with E-state index < -0.39 is 0 Å². The molecule has 2 unspecified atom stereocenters. The van der Waals surface area contributed by atoms with Gasteiger partial charge in [-0.05, 0) is 54.6 Å². The Hall–Kier alpha value is -0.520. The predicted molar refractivity (Wildman–Crippen MR) is 50.8 cm³/mol. The van der Waals surface area contributed by atoms with Crippen molar-refractivity contribution in [1.82, 2.24) is 0 Å². The summed E-state index contributed by atoms with van der Waals surface area (Å²) in [4.78, 5) is 0. The average Bonchev–Trinajstić information content (AvgIpc) is 2.12. The lowest BCUT2D eigenvalue weighted by atomic mass is 9.71. The molecule has 64 valence electrons. The topological polar surface area (TPSA) is 0 Å². The molecule has 12 heavy (non-hydrogen) atoms. The van der Waals surface area contributed by atoms with Gasteiger partial charge in [-0.1, -0.05) is 19.1 Å². The van der Waals surface area contributed by atoms with Gasteiger partial charge in [0.1, 0.15) is 0 Å². The van der Waals surface area contributed by atoms with Crippen molar-refractivity contribution in [2.75, 3.05) is 0 Å². The van der Waals surface area contributed by atoms with E-state index in [1.54, 1.807) is 11.1 Å². The summed E-state index contributed by atoms with van der Waals surface area (Å²) in [5.41, 5.74) is 3.46. The molecule has 0 spiro atoms. The molecule has 3 fully saturated rings. The van der Waals surface area contributed by atoms with Gasteiger partial charge < -0.3 is 0 Å². The van der Waals surface area contributed by atoms with Gasteiger partial charge in [0, 0.05) is 0 Å². The summed E-state index contributed by atoms with van der Waals surface area (Å²) >= 11 is 0. The van der Waals surface area contributed by atoms with Crippen molar-refractivity contribution in [3.05, 3.63) is 23.3 Å². The van der Waals surface area contributed by atoms with Crippen LogP contribution in [0.15, 0.2) is 23.3 Å². The Kier molecular flexibility index (Phi) is 1.30. The highest BCUT2D eigenvalue weighted by molar-refractivity contribution is 5.50. The average molecular weight is 160 g/mol. The Morgan fingerprint density at radius 3 is 1.92 bits per heavy atom. The van der Waals surface area contributed by atoms with Crippen molar-refractivity contribution in [2.45, 2.75) is 32.6 Å². The fourth-order valence-corrected chi connectivity index (χ4v) is 3.29. The summed E-state index contributed by atoms with van der Waals surface area (Å²) in [7, 11) is 0. The molecule has 0 amide bonds. The molecule has 2 bridgehead atoms. The van der Waals surface area contributed by atoms with Gasteiger partial charge >= 0.3 is 0 Å². The maximum Gasteiger partial charge on any atom is -0.0156 e. The van der Waals surface area contributed by atoms with Crippen molar-refractivity contribution in [3.8, 4) is 0 Å². The second-order valence-electron chi connectivity index (χ2n) is 4.79. The third kappa shape index (κ3) is 0.784. The Labute approximate surface area is 74.4 Å². The van der Waals surface area contributed by atoms with E-state index in [9.17, 15) is 0 Å². The lowest BCUT2D eigenvalue weighted by Gasteiger charge is -2.33. The van der Waals surface area contributed by atoms with Crippen LogP contribution in [0.3, 0.4) is 0 Å². The number of hydrogen-bond donors (Lipinski definition) is 0. The molecule has 4 aliphatic carbocycles. The number of rotatable bonds is 0. The van der Waals surface area contributed by atoms with Crippen LogP contribution in [-0.2, 0) is 0 Å². The largest absolute Gasteiger partial charge is 0.0625 e. The van der Waals surface area contributed by atoms with Gasteiger partial charge in [0.05, 0.1) is 0 Å². The van der Waals surface area contributed by atoms with E-state index >= 15 is 0 Å². The molecular formula is C12H16. The quantitative estimate of drug-likeness (QED) is 0.510. The van der Waals surface area contributed by atoms with Crippen LogP contribution in [0, 0.1) is 17.8 Å². The molecule has 0 aromatic rings. The minimum absolute atomic E-state index is 0.943. The van der Waals surface area contributed by atoms with Crippen molar-refractivity contribution >= 4 is 0 Å². The monoisotopic (exact) mass is 160 g/mol. The van der Waals surface area contributed by atoms with E-state index in [-0.39, 0.29) is 0 Å². The van der Waals surface area contributed by atoms with E-state index in [0.717, 1.165) is 17.8 Å². The zero-order chi connectivity index (χ0) is 8.13. The van der Waals surface area contributed by atoms with Gasteiger partial charge in [0.25, 0.3) is 0 Å². The first-order chi connectivity index (χ1) is 5.84. The summed E-state index contributed by atoms with van der Waals surface area (Å²) in [5, 5.41) is 0. The van der Waals surface area contributed by atoms with Gasteiger partial charge in [-0.25, -0.2) is 0 Å². The molecule has 0 aromatic heterocycles. The number of allylic oxidation sites excluding steroid dienone is 4. The van der Waals surface area contributed by atoms with Crippen LogP contribution in [0.4, 0.5) is 0 Å². The Morgan fingerprint density at radius 1 is 1.00 bits per heavy atom. The van der Waals surface area contributed by atoms with Crippen LogP contribution >= 0.6 is 0 Å². The lowest BCUT2D eigenvalue weighted by Crippen LogP contribution is -2.19. The molecule has 0 radical (unpaired) electrons. The maximum absolute atomic E-state index is 2.43. The van der Waals surface area contributed by atoms with Crippen LogP contribution in [-0.4, -0.2) is 0 Å². The predicted octanol–water partition coefficient (Wildman–Crippen LogP) is 3.31. The molecule has 0 N–H and O–H groups in total. The van der Waals surface area contributed by atoms with Crippen LogP contribution in [0.2, 0.25) is 0 Å². The third-order valence-electron chi connectivity index (χ3n) is 3.89.